The van der Waals surface area contributed by atoms with Crippen molar-refractivity contribution in [2.75, 3.05) is 11.3 Å². The minimum atomic E-state index is -3.82. The molecule has 0 spiro atoms. The number of rotatable bonds is 7. The van der Waals surface area contributed by atoms with E-state index in [1.54, 1.807) is 24.3 Å². The minimum absolute atomic E-state index is 0.00802. The smallest absolute Gasteiger partial charge is 0.335 e. The van der Waals surface area contributed by atoms with Gasteiger partial charge in [0.2, 0.25) is 5.91 Å². The number of carbonyl (C=O) groups is 2. The average Bonchev–Trinajstić information content (AvgIpc) is 2.57. The Labute approximate surface area is 145 Å². The number of benzene rings is 2. The molecule has 0 aromatic heterocycles. The lowest BCUT2D eigenvalue weighted by molar-refractivity contribution is -0.120. The molecule has 3 N–H and O–H groups in total. The van der Waals surface area contributed by atoms with Gasteiger partial charge in [-0.1, -0.05) is 12.1 Å². The van der Waals surface area contributed by atoms with E-state index < -0.39 is 16.0 Å². The molecule has 1 amide bonds. The summed E-state index contributed by atoms with van der Waals surface area (Å²) in [4.78, 5) is 22.3. The molecule has 2 rings (SSSR count). The molecule has 2 aromatic carbocycles. The average molecular weight is 362 g/mol. The number of sulfonamides is 1. The van der Waals surface area contributed by atoms with Gasteiger partial charge < -0.3 is 10.4 Å². The lowest BCUT2D eigenvalue weighted by Crippen LogP contribution is -2.24. The summed E-state index contributed by atoms with van der Waals surface area (Å²) in [7, 11) is -3.82. The number of hydrogen-bond acceptors (Lipinski definition) is 4. The van der Waals surface area contributed by atoms with E-state index in [9.17, 15) is 18.0 Å². The molecule has 8 heteroatoms. The maximum absolute atomic E-state index is 12.3. The topological polar surface area (TPSA) is 113 Å². The first-order chi connectivity index (χ1) is 11.8. The van der Waals surface area contributed by atoms with Gasteiger partial charge in [0.15, 0.2) is 0 Å². The summed E-state index contributed by atoms with van der Waals surface area (Å²) in [5.74, 6) is -1.23. The minimum Gasteiger partial charge on any atom is -0.478 e. The molecule has 0 aliphatic carbocycles. The lowest BCUT2D eigenvalue weighted by Gasteiger charge is -2.09. The summed E-state index contributed by atoms with van der Waals surface area (Å²) in [5, 5.41) is 11.5. The van der Waals surface area contributed by atoms with E-state index in [2.05, 4.69) is 10.0 Å². The van der Waals surface area contributed by atoms with Crippen molar-refractivity contribution >= 4 is 27.6 Å². The van der Waals surface area contributed by atoms with E-state index in [4.69, 9.17) is 5.11 Å². The number of nitrogens with one attached hydrogen (secondary N) is 2. The number of carboxylic acids is 1. The van der Waals surface area contributed by atoms with Gasteiger partial charge in [-0.2, -0.15) is 0 Å². The third-order valence-electron chi connectivity index (χ3n) is 3.36. The first-order valence-electron chi connectivity index (χ1n) is 7.53. The van der Waals surface area contributed by atoms with Crippen LogP contribution in [0.2, 0.25) is 0 Å². The Hall–Kier alpha value is -2.87. The Morgan fingerprint density at radius 3 is 2.12 bits per heavy atom. The van der Waals surface area contributed by atoms with Crippen molar-refractivity contribution in [3.8, 4) is 0 Å². The second-order valence-electron chi connectivity index (χ2n) is 5.26. The molecule has 25 heavy (non-hydrogen) atoms. The van der Waals surface area contributed by atoms with Crippen molar-refractivity contribution in [1.82, 2.24) is 5.32 Å². The first kappa shape index (κ1) is 18.5. The van der Waals surface area contributed by atoms with Gasteiger partial charge in [0.1, 0.15) is 0 Å². The molecule has 0 fully saturated rings. The van der Waals surface area contributed by atoms with Gasteiger partial charge in [-0.25, -0.2) is 13.2 Å². The summed E-state index contributed by atoms with van der Waals surface area (Å²) in [6.07, 6.45) is 0.220. The van der Waals surface area contributed by atoms with E-state index in [0.29, 0.717) is 12.2 Å². The quantitative estimate of drug-likeness (QED) is 0.696. The molecule has 7 nitrogen and oxygen atoms in total. The Morgan fingerprint density at radius 2 is 1.60 bits per heavy atom. The summed E-state index contributed by atoms with van der Waals surface area (Å²) in [6.45, 7) is 2.39. The standard InChI is InChI=1S/C17H18N2O5S/c1-2-18-16(20)11-12-3-7-14(8-4-12)19-25(23,24)15-9-5-13(6-10-15)17(21)22/h3-10,19H,2,11H2,1H3,(H,18,20)(H,21,22). The van der Waals surface area contributed by atoms with Gasteiger partial charge in [0.25, 0.3) is 10.0 Å². The van der Waals surface area contributed by atoms with Crippen LogP contribution in [0.5, 0.6) is 0 Å². The zero-order valence-electron chi connectivity index (χ0n) is 13.5. The van der Waals surface area contributed by atoms with Crippen LogP contribution in [0.25, 0.3) is 0 Å². The van der Waals surface area contributed by atoms with Gasteiger partial charge in [-0.3, -0.25) is 9.52 Å². The number of carboxylic acid groups (broad SMARTS) is 1. The molecule has 0 saturated carbocycles. The third-order valence-corrected chi connectivity index (χ3v) is 4.75. The van der Waals surface area contributed by atoms with Crippen molar-refractivity contribution in [2.24, 2.45) is 0 Å². The van der Waals surface area contributed by atoms with Crippen LogP contribution in [-0.2, 0) is 21.2 Å². The number of likely N-dealkylation sites (N-methyl/N-ethyl adjacent to an activating group) is 1. The molecule has 0 heterocycles. The Morgan fingerprint density at radius 1 is 1.00 bits per heavy atom. The van der Waals surface area contributed by atoms with Crippen molar-refractivity contribution in [2.45, 2.75) is 18.2 Å². The highest BCUT2D eigenvalue weighted by Crippen LogP contribution is 2.17. The molecule has 0 saturated heterocycles. The van der Waals surface area contributed by atoms with E-state index in [-0.39, 0.29) is 22.8 Å². The number of amides is 1. The first-order valence-corrected chi connectivity index (χ1v) is 9.02. The van der Waals surface area contributed by atoms with Gasteiger partial charge in [-0.15, -0.1) is 0 Å². The van der Waals surface area contributed by atoms with E-state index >= 15 is 0 Å². The van der Waals surface area contributed by atoms with Crippen LogP contribution in [0.4, 0.5) is 5.69 Å². The number of carbonyl (C=O) groups excluding carboxylic acids is 1. The third kappa shape index (κ3) is 5.05. The van der Waals surface area contributed by atoms with Crippen molar-refractivity contribution < 1.29 is 23.1 Å². The van der Waals surface area contributed by atoms with Crippen LogP contribution in [-0.4, -0.2) is 31.9 Å². The van der Waals surface area contributed by atoms with Gasteiger partial charge in [0, 0.05) is 12.2 Å². The van der Waals surface area contributed by atoms with Crippen LogP contribution in [0.1, 0.15) is 22.8 Å². The summed E-state index contributed by atoms with van der Waals surface area (Å²) >= 11 is 0. The molecule has 2 aromatic rings. The fraction of sp³-hybridized carbons (Fsp3) is 0.176. The number of aromatic carboxylic acids is 1. The van der Waals surface area contributed by atoms with Gasteiger partial charge in [-0.05, 0) is 48.9 Å². The van der Waals surface area contributed by atoms with Crippen molar-refractivity contribution in [3.63, 3.8) is 0 Å². The summed E-state index contributed by atoms with van der Waals surface area (Å²) in [6, 6.07) is 11.4. The Bertz CT molecular complexity index is 859. The second kappa shape index (κ2) is 7.80. The SMILES string of the molecule is CCNC(=O)Cc1ccc(NS(=O)(=O)c2ccc(C(=O)O)cc2)cc1. The van der Waals surface area contributed by atoms with Crippen molar-refractivity contribution in [3.05, 3.63) is 59.7 Å². The van der Waals surface area contributed by atoms with Crippen LogP contribution >= 0.6 is 0 Å². The largest absolute Gasteiger partial charge is 0.478 e. The normalized spacial score (nSPS) is 10.9. The molecule has 132 valence electrons. The maximum atomic E-state index is 12.3. The zero-order valence-corrected chi connectivity index (χ0v) is 14.3. The number of hydrogen-bond donors (Lipinski definition) is 3. The summed E-state index contributed by atoms with van der Waals surface area (Å²) in [5.41, 5.74) is 1.12. The van der Waals surface area contributed by atoms with E-state index in [1.165, 1.54) is 24.3 Å². The Balaban J connectivity index is 2.09. The molecule has 0 aliphatic heterocycles. The monoisotopic (exact) mass is 362 g/mol. The molecule has 0 radical (unpaired) electrons. The van der Waals surface area contributed by atoms with Crippen LogP contribution in [0.15, 0.2) is 53.4 Å². The zero-order chi connectivity index (χ0) is 18.4. The molecule has 0 aliphatic rings. The molecule has 0 atom stereocenters. The molecule has 0 unspecified atom stereocenters. The van der Waals surface area contributed by atoms with Crippen molar-refractivity contribution in [1.29, 1.82) is 0 Å². The highest BCUT2D eigenvalue weighted by molar-refractivity contribution is 7.92. The molecular formula is C17H18N2O5S. The van der Waals surface area contributed by atoms with Gasteiger partial charge >= 0.3 is 5.97 Å². The maximum Gasteiger partial charge on any atom is 0.335 e. The van der Waals surface area contributed by atoms with Crippen LogP contribution in [0, 0.1) is 0 Å². The van der Waals surface area contributed by atoms with E-state index in [1.807, 2.05) is 6.92 Å². The predicted octanol–water partition coefficient (Wildman–Crippen LogP) is 1.86. The fourth-order valence-electron chi connectivity index (χ4n) is 2.13. The second-order valence-corrected chi connectivity index (χ2v) is 6.94. The molecular weight excluding hydrogens is 344 g/mol. The lowest BCUT2D eigenvalue weighted by atomic mass is 10.1. The van der Waals surface area contributed by atoms with E-state index in [0.717, 1.165) is 5.56 Å². The summed E-state index contributed by atoms with van der Waals surface area (Å²) < 4.78 is 27.0. The number of anilines is 1. The fourth-order valence-corrected chi connectivity index (χ4v) is 3.19. The molecule has 0 bridgehead atoms. The predicted molar refractivity (Wildman–Crippen MR) is 93.0 cm³/mol. The van der Waals surface area contributed by atoms with Crippen LogP contribution < -0.4 is 10.0 Å². The van der Waals surface area contributed by atoms with Crippen LogP contribution in [0.3, 0.4) is 0 Å². The highest BCUT2D eigenvalue weighted by atomic mass is 32.2. The van der Waals surface area contributed by atoms with Gasteiger partial charge in [0.05, 0.1) is 16.9 Å². The Kier molecular flexibility index (Phi) is 5.76. The highest BCUT2D eigenvalue weighted by Gasteiger charge is 2.15.